The number of fused-ring (bicyclic) bond motifs is 1. The minimum atomic E-state index is -0.771. The third-order valence-corrected chi connectivity index (χ3v) is 8.51. The summed E-state index contributed by atoms with van der Waals surface area (Å²) in [5.74, 6) is 1.16. The first-order valence-corrected chi connectivity index (χ1v) is 15.4. The second-order valence-corrected chi connectivity index (χ2v) is 11.4. The van der Waals surface area contributed by atoms with E-state index in [1.807, 2.05) is 73.7 Å². The Morgan fingerprint density at radius 1 is 1.00 bits per heavy atom. The summed E-state index contributed by atoms with van der Waals surface area (Å²) < 4.78 is 25.7. The largest absolute Gasteiger partial charge is 0.494 e. The van der Waals surface area contributed by atoms with Gasteiger partial charge >= 0.3 is 5.97 Å². The summed E-state index contributed by atoms with van der Waals surface area (Å²) in [5.41, 5.74) is 2.94. The molecule has 10 heteroatoms. The zero-order chi connectivity index (χ0) is 30.5. The van der Waals surface area contributed by atoms with Gasteiger partial charge in [0.15, 0.2) is 16.3 Å². The van der Waals surface area contributed by atoms with Gasteiger partial charge in [0.05, 0.1) is 36.1 Å². The van der Waals surface area contributed by atoms with Gasteiger partial charge in [-0.25, -0.2) is 9.79 Å². The zero-order valence-corrected chi connectivity index (χ0v) is 26.7. The summed E-state index contributed by atoms with van der Waals surface area (Å²) >= 11 is 4.89. The predicted molar refractivity (Wildman–Crippen MR) is 169 cm³/mol. The van der Waals surface area contributed by atoms with E-state index >= 15 is 0 Å². The highest BCUT2D eigenvalue weighted by Crippen LogP contribution is 2.37. The summed E-state index contributed by atoms with van der Waals surface area (Å²) in [6.45, 7) is 6.40. The van der Waals surface area contributed by atoms with Crippen molar-refractivity contribution >= 4 is 39.3 Å². The lowest BCUT2D eigenvalue weighted by Crippen LogP contribution is -2.40. The maximum absolute atomic E-state index is 14.1. The van der Waals surface area contributed by atoms with E-state index in [1.54, 1.807) is 31.6 Å². The summed E-state index contributed by atoms with van der Waals surface area (Å²) in [7, 11) is 1.58. The molecule has 0 N–H and O–H groups in total. The number of carbonyl (C=O) groups excluding carboxylic acids is 1. The molecule has 0 saturated heterocycles. The highest BCUT2D eigenvalue weighted by atomic mass is 79.9. The van der Waals surface area contributed by atoms with Gasteiger partial charge in [-0.1, -0.05) is 75.8 Å². The number of ether oxygens (including phenoxy) is 4. The molecule has 0 bridgehead atoms. The number of hydrogen-bond donors (Lipinski definition) is 0. The molecule has 4 aromatic rings. The number of carbonyl (C=O) groups is 1. The van der Waals surface area contributed by atoms with E-state index in [1.165, 1.54) is 11.3 Å². The normalized spacial score (nSPS) is 14.6. The van der Waals surface area contributed by atoms with Crippen LogP contribution in [0.25, 0.3) is 6.08 Å². The van der Waals surface area contributed by atoms with E-state index in [2.05, 4.69) is 20.9 Å². The van der Waals surface area contributed by atoms with Crippen molar-refractivity contribution in [3.8, 4) is 17.2 Å². The zero-order valence-electron chi connectivity index (χ0n) is 24.3. The molecule has 0 amide bonds. The maximum atomic E-state index is 14.1. The molecule has 1 aromatic heterocycles. The second-order valence-electron chi connectivity index (χ2n) is 9.57. The van der Waals surface area contributed by atoms with Gasteiger partial charge in [-0.15, -0.1) is 0 Å². The number of hydrogen-bond acceptors (Lipinski definition) is 8. The van der Waals surface area contributed by atoms with E-state index in [0.29, 0.717) is 56.6 Å². The van der Waals surface area contributed by atoms with E-state index in [0.717, 1.165) is 15.6 Å². The minimum absolute atomic E-state index is 0.195. The Balaban J connectivity index is 1.62. The Morgan fingerprint density at radius 3 is 2.47 bits per heavy atom. The average molecular weight is 664 g/mol. The van der Waals surface area contributed by atoms with Gasteiger partial charge in [0, 0.05) is 10.0 Å². The number of rotatable bonds is 10. The Labute approximate surface area is 261 Å². The van der Waals surface area contributed by atoms with Crippen molar-refractivity contribution in [2.45, 2.75) is 33.4 Å². The van der Waals surface area contributed by atoms with E-state index in [-0.39, 0.29) is 12.2 Å². The summed E-state index contributed by atoms with van der Waals surface area (Å²) in [4.78, 5) is 32.5. The molecule has 2 heterocycles. The average Bonchev–Trinajstić information content (AvgIpc) is 3.31. The second kappa shape index (κ2) is 13.4. The monoisotopic (exact) mass is 662 g/mol. The van der Waals surface area contributed by atoms with E-state index < -0.39 is 12.0 Å². The van der Waals surface area contributed by atoms with Crippen LogP contribution in [0.1, 0.15) is 43.5 Å². The molecule has 222 valence electrons. The lowest BCUT2D eigenvalue weighted by molar-refractivity contribution is -0.139. The number of aromatic nitrogens is 1. The van der Waals surface area contributed by atoms with Gasteiger partial charge in [0.2, 0.25) is 0 Å². The maximum Gasteiger partial charge on any atom is 0.338 e. The van der Waals surface area contributed by atoms with Crippen molar-refractivity contribution in [3.05, 3.63) is 119 Å². The van der Waals surface area contributed by atoms with Gasteiger partial charge < -0.3 is 18.9 Å². The topological polar surface area (TPSA) is 88.4 Å². The first kappa shape index (κ1) is 30.3. The van der Waals surface area contributed by atoms with Crippen LogP contribution in [0.15, 0.2) is 92.3 Å². The van der Waals surface area contributed by atoms with Crippen molar-refractivity contribution in [1.29, 1.82) is 0 Å². The Hall–Kier alpha value is -4.15. The van der Waals surface area contributed by atoms with Crippen LogP contribution in [0.4, 0.5) is 0 Å². The molecule has 0 fully saturated rings. The van der Waals surface area contributed by atoms with E-state index in [4.69, 9.17) is 18.9 Å². The van der Waals surface area contributed by atoms with Crippen LogP contribution in [0.2, 0.25) is 0 Å². The minimum Gasteiger partial charge on any atom is -0.494 e. The molecule has 5 rings (SSSR count). The molecule has 3 aromatic carbocycles. The third kappa shape index (κ3) is 6.30. The van der Waals surface area contributed by atoms with Crippen molar-refractivity contribution in [2.24, 2.45) is 4.99 Å². The van der Waals surface area contributed by atoms with E-state index in [9.17, 15) is 9.59 Å². The van der Waals surface area contributed by atoms with Crippen molar-refractivity contribution in [3.63, 3.8) is 0 Å². The van der Waals surface area contributed by atoms with Crippen LogP contribution < -0.4 is 29.1 Å². The fourth-order valence-electron chi connectivity index (χ4n) is 4.89. The number of benzene rings is 3. The van der Waals surface area contributed by atoms with Crippen molar-refractivity contribution in [2.75, 3.05) is 20.3 Å². The Morgan fingerprint density at radius 2 is 1.74 bits per heavy atom. The van der Waals surface area contributed by atoms with Crippen molar-refractivity contribution in [1.82, 2.24) is 4.57 Å². The number of allylic oxidation sites excluding steroid dienone is 1. The lowest BCUT2D eigenvalue weighted by Gasteiger charge is -2.26. The van der Waals surface area contributed by atoms with Gasteiger partial charge in [0.1, 0.15) is 18.4 Å². The van der Waals surface area contributed by atoms with Crippen LogP contribution in [0.5, 0.6) is 17.2 Å². The van der Waals surface area contributed by atoms with Gasteiger partial charge in [-0.2, -0.15) is 0 Å². The third-order valence-electron chi connectivity index (χ3n) is 6.84. The van der Waals surface area contributed by atoms with Crippen LogP contribution in [-0.2, 0) is 16.1 Å². The first-order chi connectivity index (χ1) is 20.9. The molecular formula is C33H31BrN2O6S. The standard InChI is InChI=1S/C33H31BrN2O6S/c1-5-40-25-15-11-10-14-23(25)30-29(32(38)41-6-2)20(3)35-33-36(30)31(37)28(43-33)17-22-16-26(39-4)27(18-24(22)34)42-19-21-12-8-7-9-13-21/h7-18,30H,5-6,19H2,1-4H3/b28-17-/t30-/m0/s1. The number of nitrogens with zero attached hydrogens (tertiary/aromatic N) is 2. The molecule has 8 nitrogen and oxygen atoms in total. The van der Waals surface area contributed by atoms with Gasteiger partial charge in [0.25, 0.3) is 5.56 Å². The van der Waals surface area contributed by atoms with Crippen LogP contribution in [0.3, 0.4) is 0 Å². The molecule has 1 aliphatic heterocycles. The van der Waals surface area contributed by atoms with Crippen LogP contribution in [0, 0.1) is 0 Å². The summed E-state index contributed by atoms with van der Waals surface area (Å²) in [5, 5.41) is 0. The highest BCUT2D eigenvalue weighted by Gasteiger charge is 2.35. The molecule has 1 aliphatic rings. The lowest BCUT2D eigenvalue weighted by atomic mass is 9.95. The first-order valence-electron chi connectivity index (χ1n) is 13.8. The quantitative estimate of drug-likeness (QED) is 0.207. The summed E-state index contributed by atoms with van der Waals surface area (Å²) in [6.07, 6.45) is 1.78. The number of methoxy groups -OCH3 is 1. The Kier molecular flexibility index (Phi) is 9.47. The fraction of sp³-hybridized carbons (Fsp3) is 0.242. The van der Waals surface area contributed by atoms with Crippen LogP contribution >= 0.6 is 27.3 Å². The van der Waals surface area contributed by atoms with Gasteiger partial charge in [-0.3, -0.25) is 9.36 Å². The SMILES string of the molecule is CCOC(=O)C1=C(C)N=c2s/c(=C\c3cc(OC)c(OCc4ccccc4)cc3Br)c(=O)n2[C@H]1c1ccccc1OCC. The number of esters is 1. The Bertz CT molecular complexity index is 1860. The predicted octanol–water partition coefficient (Wildman–Crippen LogP) is 5.55. The van der Waals surface area contributed by atoms with Crippen LogP contribution in [-0.4, -0.2) is 30.9 Å². The highest BCUT2D eigenvalue weighted by molar-refractivity contribution is 9.10. The molecule has 0 saturated carbocycles. The number of para-hydroxylation sites is 1. The molecular weight excluding hydrogens is 632 g/mol. The van der Waals surface area contributed by atoms with Crippen molar-refractivity contribution < 1.29 is 23.7 Å². The molecule has 0 spiro atoms. The molecule has 43 heavy (non-hydrogen) atoms. The summed E-state index contributed by atoms with van der Waals surface area (Å²) in [6, 6.07) is 20.1. The fourth-order valence-corrected chi connectivity index (χ4v) is 6.36. The molecule has 0 radical (unpaired) electrons. The number of halogens is 1. The molecule has 0 unspecified atom stereocenters. The van der Waals surface area contributed by atoms with Gasteiger partial charge in [-0.05, 0) is 56.2 Å². The number of thiazole rings is 1. The molecule has 0 aliphatic carbocycles. The smallest absolute Gasteiger partial charge is 0.338 e. The molecule has 1 atom stereocenters.